The van der Waals surface area contributed by atoms with E-state index in [1.807, 2.05) is 6.08 Å². The molecule has 11 heavy (non-hydrogen) atoms. The van der Waals surface area contributed by atoms with Crippen molar-refractivity contribution in [3.8, 4) is 5.75 Å². The smallest absolute Gasteiger partial charge is 0.132 e. The number of hydrogen-bond acceptors (Lipinski definition) is 1. The van der Waals surface area contributed by atoms with Gasteiger partial charge in [-0.3, -0.25) is 0 Å². The van der Waals surface area contributed by atoms with E-state index in [0.29, 0.717) is 5.75 Å². The molecule has 56 valence electrons. The van der Waals surface area contributed by atoms with Gasteiger partial charge in [-0.15, -0.1) is 0 Å². The van der Waals surface area contributed by atoms with Crippen molar-refractivity contribution in [3.63, 3.8) is 0 Å². The van der Waals surface area contributed by atoms with Crippen LogP contribution in [0.1, 0.15) is 5.56 Å². The number of fused-ring (bicyclic) bond motifs is 1. The van der Waals surface area contributed by atoms with Crippen LogP contribution in [-0.2, 0) is 6.42 Å². The maximum atomic E-state index is 12.6. The van der Waals surface area contributed by atoms with Crippen LogP contribution in [0.25, 0.3) is 0 Å². The van der Waals surface area contributed by atoms with Gasteiger partial charge in [-0.1, -0.05) is 6.07 Å². The molecule has 0 N–H and O–H groups in total. The van der Waals surface area contributed by atoms with E-state index in [2.05, 4.69) is 0 Å². The van der Waals surface area contributed by atoms with Gasteiger partial charge in [-0.25, -0.2) is 4.39 Å². The second-order valence-corrected chi connectivity index (χ2v) is 2.45. The molecule has 0 aromatic heterocycles. The molecule has 0 fully saturated rings. The van der Waals surface area contributed by atoms with Gasteiger partial charge in [-0.2, -0.15) is 0 Å². The molecule has 0 unspecified atom stereocenters. The van der Waals surface area contributed by atoms with Crippen LogP contribution in [0.4, 0.5) is 4.39 Å². The summed E-state index contributed by atoms with van der Waals surface area (Å²) < 4.78 is 17.7. The van der Waals surface area contributed by atoms with Crippen LogP contribution in [0.2, 0.25) is 0 Å². The first-order chi connectivity index (χ1) is 5.36. The van der Waals surface area contributed by atoms with Gasteiger partial charge in [0, 0.05) is 6.07 Å². The van der Waals surface area contributed by atoms with E-state index in [0.717, 1.165) is 12.0 Å². The first-order valence-corrected chi connectivity index (χ1v) is 3.46. The Morgan fingerprint density at radius 2 is 2.27 bits per heavy atom. The Labute approximate surface area is 64.1 Å². The molecule has 1 aromatic carbocycles. The average Bonchev–Trinajstić information content (AvgIpc) is 2.04. The third kappa shape index (κ3) is 1.11. The fraction of sp³-hybridized carbons (Fsp3) is 0.111. The fourth-order valence-electron chi connectivity index (χ4n) is 1.10. The molecule has 1 aromatic rings. The maximum Gasteiger partial charge on any atom is 0.132 e. The van der Waals surface area contributed by atoms with Crippen molar-refractivity contribution in [2.75, 3.05) is 0 Å². The highest BCUT2D eigenvalue weighted by Gasteiger charge is 2.05. The predicted octanol–water partition coefficient (Wildman–Crippen LogP) is 2.27. The van der Waals surface area contributed by atoms with Gasteiger partial charge >= 0.3 is 0 Å². The van der Waals surface area contributed by atoms with E-state index in [1.54, 1.807) is 12.3 Å². The summed E-state index contributed by atoms with van der Waals surface area (Å²) in [5.41, 5.74) is 1.04. The maximum absolute atomic E-state index is 12.6. The van der Waals surface area contributed by atoms with Gasteiger partial charge < -0.3 is 4.74 Å². The zero-order chi connectivity index (χ0) is 7.68. The van der Waals surface area contributed by atoms with E-state index in [9.17, 15) is 4.39 Å². The van der Waals surface area contributed by atoms with Crippen LogP contribution >= 0.6 is 0 Å². The number of hydrogen-bond donors (Lipinski definition) is 0. The van der Waals surface area contributed by atoms with E-state index in [-0.39, 0.29) is 5.82 Å². The van der Waals surface area contributed by atoms with Crippen molar-refractivity contribution in [1.29, 1.82) is 0 Å². The van der Waals surface area contributed by atoms with Gasteiger partial charge in [0.2, 0.25) is 0 Å². The summed E-state index contributed by atoms with van der Waals surface area (Å²) in [6.45, 7) is 0. The van der Waals surface area contributed by atoms with Crippen molar-refractivity contribution < 1.29 is 9.13 Å². The largest absolute Gasteiger partial charge is 0.465 e. The normalized spacial score (nSPS) is 13.9. The predicted molar refractivity (Wildman–Crippen MR) is 39.9 cm³/mol. The molecule has 0 amide bonds. The second-order valence-electron chi connectivity index (χ2n) is 2.45. The van der Waals surface area contributed by atoms with Crippen LogP contribution in [0.15, 0.2) is 30.5 Å². The molecule has 0 saturated heterocycles. The lowest BCUT2D eigenvalue weighted by Crippen LogP contribution is -1.96. The van der Waals surface area contributed by atoms with Crippen molar-refractivity contribution in [1.82, 2.24) is 0 Å². The lowest BCUT2D eigenvalue weighted by atomic mass is 10.1. The van der Waals surface area contributed by atoms with Gasteiger partial charge in [0.25, 0.3) is 0 Å². The molecule has 2 rings (SSSR count). The molecule has 0 atom stereocenters. The summed E-state index contributed by atoms with van der Waals surface area (Å²) in [7, 11) is 0. The van der Waals surface area contributed by atoms with Crippen molar-refractivity contribution in [2.45, 2.75) is 6.42 Å². The third-order valence-electron chi connectivity index (χ3n) is 1.66. The Kier molecular flexibility index (Phi) is 1.39. The molecule has 1 aliphatic heterocycles. The van der Waals surface area contributed by atoms with Crippen LogP contribution in [0.5, 0.6) is 5.75 Å². The molecule has 0 aliphatic carbocycles. The fourth-order valence-corrected chi connectivity index (χ4v) is 1.10. The molecular formula is C9H7FO. The van der Waals surface area contributed by atoms with Crippen LogP contribution in [0.3, 0.4) is 0 Å². The first kappa shape index (κ1) is 6.40. The molecule has 0 bridgehead atoms. The molecule has 1 nitrogen and oxygen atoms in total. The Bertz CT molecular complexity index is 304. The summed E-state index contributed by atoms with van der Waals surface area (Å²) in [5, 5.41) is 0. The van der Waals surface area contributed by atoms with Gasteiger partial charge in [0.05, 0.1) is 6.26 Å². The Hall–Kier alpha value is -1.31. The SMILES string of the molecule is Fc1ccc2c(c1)OC=CC2. The minimum absolute atomic E-state index is 0.251. The van der Waals surface area contributed by atoms with Gasteiger partial charge in [0.1, 0.15) is 11.6 Å². The molecule has 2 heteroatoms. The standard InChI is InChI=1S/C9H7FO/c10-8-4-3-7-2-1-5-11-9(7)6-8/h1,3-6H,2H2. The topological polar surface area (TPSA) is 9.23 Å². The highest BCUT2D eigenvalue weighted by molar-refractivity contribution is 5.37. The minimum Gasteiger partial charge on any atom is -0.465 e. The molecule has 1 heterocycles. The summed E-state index contributed by atoms with van der Waals surface area (Å²) >= 11 is 0. The van der Waals surface area contributed by atoms with Crippen molar-refractivity contribution in [2.24, 2.45) is 0 Å². The zero-order valence-electron chi connectivity index (χ0n) is 5.88. The second kappa shape index (κ2) is 2.38. The average molecular weight is 150 g/mol. The van der Waals surface area contributed by atoms with Crippen LogP contribution in [-0.4, -0.2) is 0 Å². The Morgan fingerprint density at radius 1 is 1.36 bits per heavy atom. The number of allylic oxidation sites excluding steroid dienone is 1. The number of benzene rings is 1. The summed E-state index contributed by atoms with van der Waals surface area (Å²) in [6.07, 6.45) is 4.32. The Balaban J connectivity index is 2.48. The third-order valence-corrected chi connectivity index (χ3v) is 1.66. The summed E-state index contributed by atoms with van der Waals surface area (Å²) in [5.74, 6) is 0.381. The highest BCUT2D eigenvalue weighted by Crippen LogP contribution is 2.23. The van der Waals surface area contributed by atoms with E-state index >= 15 is 0 Å². The lowest BCUT2D eigenvalue weighted by Gasteiger charge is -2.10. The van der Waals surface area contributed by atoms with Gasteiger partial charge in [0.15, 0.2) is 0 Å². The molecular weight excluding hydrogens is 143 g/mol. The molecule has 0 saturated carbocycles. The summed E-state index contributed by atoms with van der Waals surface area (Å²) in [4.78, 5) is 0. The quantitative estimate of drug-likeness (QED) is 0.551. The highest BCUT2D eigenvalue weighted by atomic mass is 19.1. The Morgan fingerprint density at radius 3 is 3.18 bits per heavy atom. The van der Waals surface area contributed by atoms with E-state index < -0.39 is 0 Å². The van der Waals surface area contributed by atoms with E-state index in [4.69, 9.17) is 4.74 Å². The van der Waals surface area contributed by atoms with Crippen LogP contribution < -0.4 is 4.74 Å². The van der Waals surface area contributed by atoms with Crippen LogP contribution in [0, 0.1) is 5.82 Å². The number of rotatable bonds is 0. The molecule has 1 aliphatic rings. The monoisotopic (exact) mass is 150 g/mol. The molecule has 0 radical (unpaired) electrons. The van der Waals surface area contributed by atoms with Crippen molar-refractivity contribution >= 4 is 0 Å². The number of halogens is 1. The van der Waals surface area contributed by atoms with Gasteiger partial charge in [-0.05, 0) is 24.1 Å². The zero-order valence-corrected chi connectivity index (χ0v) is 5.88. The van der Waals surface area contributed by atoms with E-state index in [1.165, 1.54) is 12.1 Å². The minimum atomic E-state index is -0.251. The number of ether oxygens (including phenoxy) is 1. The first-order valence-electron chi connectivity index (χ1n) is 3.46. The summed E-state index contributed by atoms with van der Waals surface area (Å²) in [6, 6.07) is 4.59. The van der Waals surface area contributed by atoms with Crippen molar-refractivity contribution in [3.05, 3.63) is 41.9 Å². The molecule has 0 spiro atoms. The lowest BCUT2D eigenvalue weighted by molar-refractivity contribution is 0.459.